The van der Waals surface area contributed by atoms with Crippen LogP contribution in [0.15, 0.2) is 12.7 Å². The van der Waals surface area contributed by atoms with E-state index in [0.29, 0.717) is 13.1 Å². The Bertz CT molecular complexity index is 329. The Balaban J connectivity index is 2.45. The molecule has 1 aliphatic rings. The molecule has 1 fully saturated rings. The topological polar surface area (TPSA) is 49.4 Å². The Labute approximate surface area is 109 Å². The highest BCUT2D eigenvalue weighted by molar-refractivity contribution is 5.87. The monoisotopic (exact) mass is 252 g/mol. The first-order valence-corrected chi connectivity index (χ1v) is 6.63. The van der Waals surface area contributed by atoms with Gasteiger partial charge >= 0.3 is 0 Å². The molecule has 0 radical (unpaired) electrons. The van der Waals surface area contributed by atoms with Crippen LogP contribution in [0.3, 0.4) is 0 Å². The molecule has 0 unspecified atom stereocenters. The van der Waals surface area contributed by atoms with E-state index in [4.69, 9.17) is 0 Å². The number of amides is 2. The molecule has 0 aromatic heterocycles. The maximum absolute atomic E-state index is 12.1. The minimum atomic E-state index is -0.148. The number of hydrogen-bond acceptors (Lipinski definition) is 2. The highest BCUT2D eigenvalue weighted by Crippen LogP contribution is 2.19. The Hall–Kier alpha value is -1.32. The predicted octanol–water partition coefficient (Wildman–Crippen LogP) is 1.72. The summed E-state index contributed by atoms with van der Waals surface area (Å²) in [5, 5.41) is 3.07. The summed E-state index contributed by atoms with van der Waals surface area (Å²) in [7, 11) is 0. The molecule has 0 aromatic carbocycles. The molecule has 4 nitrogen and oxygen atoms in total. The van der Waals surface area contributed by atoms with Crippen molar-refractivity contribution in [3.05, 3.63) is 12.7 Å². The van der Waals surface area contributed by atoms with Gasteiger partial charge in [-0.05, 0) is 39.2 Å². The van der Waals surface area contributed by atoms with Crippen LogP contribution in [-0.2, 0) is 9.59 Å². The van der Waals surface area contributed by atoms with Crippen molar-refractivity contribution in [2.24, 2.45) is 5.92 Å². The number of nitrogens with one attached hydrogen (secondary N) is 1. The molecule has 18 heavy (non-hydrogen) atoms. The maximum Gasteiger partial charge on any atom is 0.245 e. The average Bonchev–Trinajstić information content (AvgIpc) is 2.37. The Morgan fingerprint density at radius 1 is 1.39 bits per heavy atom. The third-order valence-corrected chi connectivity index (χ3v) is 3.70. The number of piperidine rings is 1. The van der Waals surface area contributed by atoms with Crippen molar-refractivity contribution in [2.75, 3.05) is 13.1 Å². The van der Waals surface area contributed by atoms with Crippen LogP contribution in [0.2, 0.25) is 0 Å². The van der Waals surface area contributed by atoms with Gasteiger partial charge in [0.1, 0.15) is 0 Å². The molecule has 0 aliphatic carbocycles. The lowest BCUT2D eigenvalue weighted by Crippen LogP contribution is -2.48. The average molecular weight is 252 g/mol. The number of nitrogens with zero attached hydrogens (tertiary/aromatic N) is 1. The highest BCUT2D eigenvalue weighted by atomic mass is 16.2. The molecule has 4 heteroatoms. The lowest BCUT2D eigenvalue weighted by Gasteiger charge is -2.33. The van der Waals surface area contributed by atoms with Gasteiger partial charge in [-0.3, -0.25) is 9.59 Å². The lowest BCUT2D eigenvalue weighted by molar-refractivity contribution is -0.133. The summed E-state index contributed by atoms with van der Waals surface area (Å²) >= 11 is 0. The van der Waals surface area contributed by atoms with Gasteiger partial charge in [0.05, 0.1) is 0 Å². The summed E-state index contributed by atoms with van der Waals surface area (Å²) in [4.78, 5) is 25.3. The zero-order valence-corrected chi connectivity index (χ0v) is 11.7. The van der Waals surface area contributed by atoms with Crippen LogP contribution in [0, 0.1) is 5.92 Å². The van der Waals surface area contributed by atoms with Gasteiger partial charge in [0, 0.05) is 24.5 Å². The molecule has 0 saturated carbocycles. The molecule has 1 heterocycles. The summed E-state index contributed by atoms with van der Waals surface area (Å²) in [5.74, 6) is 0.111. The van der Waals surface area contributed by atoms with E-state index < -0.39 is 0 Å². The normalized spacial score (nSPS) is 17.4. The summed E-state index contributed by atoms with van der Waals surface area (Å²) in [6.45, 7) is 10.9. The third-order valence-electron chi connectivity index (χ3n) is 3.70. The van der Waals surface area contributed by atoms with Crippen molar-refractivity contribution in [2.45, 2.75) is 45.6 Å². The fourth-order valence-electron chi connectivity index (χ4n) is 2.02. The zero-order chi connectivity index (χ0) is 13.8. The van der Waals surface area contributed by atoms with E-state index in [1.165, 1.54) is 6.08 Å². The van der Waals surface area contributed by atoms with E-state index in [1.807, 2.05) is 13.8 Å². The van der Waals surface area contributed by atoms with Gasteiger partial charge < -0.3 is 10.2 Å². The van der Waals surface area contributed by atoms with E-state index in [-0.39, 0.29) is 23.3 Å². The molecule has 0 aromatic rings. The van der Waals surface area contributed by atoms with E-state index >= 15 is 0 Å². The van der Waals surface area contributed by atoms with Crippen LogP contribution in [-0.4, -0.2) is 35.3 Å². The minimum Gasteiger partial charge on any atom is -0.351 e. The molecule has 0 spiro atoms. The van der Waals surface area contributed by atoms with Crippen LogP contribution in [0.1, 0.15) is 40.0 Å². The quantitative estimate of drug-likeness (QED) is 0.774. The molecule has 0 bridgehead atoms. The fraction of sp³-hybridized carbons (Fsp3) is 0.714. The zero-order valence-electron chi connectivity index (χ0n) is 11.7. The Morgan fingerprint density at radius 3 is 2.39 bits per heavy atom. The number of rotatable bonds is 4. The Kier molecular flexibility index (Phi) is 4.93. The van der Waals surface area contributed by atoms with Crippen molar-refractivity contribution in [1.29, 1.82) is 0 Å². The second kappa shape index (κ2) is 6.03. The summed E-state index contributed by atoms with van der Waals surface area (Å²) < 4.78 is 0. The second-order valence-electron chi connectivity index (χ2n) is 5.53. The highest BCUT2D eigenvalue weighted by Gasteiger charge is 2.29. The fourth-order valence-corrected chi connectivity index (χ4v) is 2.02. The van der Waals surface area contributed by atoms with Gasteiger partial charge in [-0.1, -0.05) is 13.5 Å². The SMILES string of the molecule is C=CC(=O)N1CCC(C(=O)NC(C)(C)CC)CC1. The van der Waals surface area contributed by atoms with Crippen molar-refractivity contribution in [3.8, 4) is 0 Å². The van der Waals surface area contributed by atoms with Crippen LogP contribution >= 0.6 is 0 Å². The van der Waals surface area contributed by atoms with Crippen LogP contribution in [0.5, 0.6) is 0 Å². The van der Waals surface area contributed by atoms with Crippen molar-refractivity contribution < 1.29 is 9.59 Å². The minimum absolute atomic E-state index is 0.0321. The summed E-state index contributed by atoms with van der Waals surface area (Å²) in [6, 6.07) is 0. The van der Waals surface area contributed by atoms with Gasteiger partial charge in [0.15, 0.2) is 0 Å². The van der Waals surface area contributed by atoms with Crippen molar-refractivity contribution in [3.63, 3.8) is 0 Å². The van der Waals surface area contributed by atoms with Gasteiger partial charge in [-0.15, -0.1) is 0 Å². The van der Waals surface area contributed by atoms with Crippen molar-refractivity contribution >= 4 is 11.8 Å². The number of hydrogen-bond donors (Lipinski definition) is 1. The van der Waals surface area contributed by atoms with Crippen LogP contribution in [0.4, 0.5) is 0 Å². The van der Waals surface area contributed by atoms with Gasteiger partial charge in [-0.2, -0.15) is 0 Å². The molecular formula is C14H24N2O2. The maximum atomic E-state index is 12.1. The number of carbonyl (C=O) groups excluding carboxylic acids is 2. The van der Waals surface area contributed by atoms with Crippen LogP contribution in [0.25, 0.3) is 0 Å². The van der Waals surface area contributed by atoms with Crippen LogP contribution < -0.4 is 5.32 Å². The molecular weight excluding hydrogens is 228 g/mol. The second-order valence-corrected chi connectivity index (χ2v) is 5.53. The lowest BCUT2D eigenvalue weighted by atomic mass is 9.93. The molecule has 102 valence electrons. The van der Waals surface area contributed by atoms with Gasteiger partial charge in [-0.25, -0.2) is 0 Å². The molecule has 0 atom stereocenters. The van der Waals surface area contributed by atoms with E-state index in [2.05, 4.69) is 18.8 Å². The van der Waals surface area contributed by atoms with E-state index in [1.54, 1.807) is 4.90 Å². The third kappa shape index (κ3) is 3.86. The number of likely N-dealkylation sites (tertiary alicyclic amines) is 1. The smallest absolute Gasteiger partial charge is 0.245 e. The molecule has 1 rings (SSSR count). The summed E-state index contributed by atoms with van der Waals surface area (Å²) in [6.07, 6.45) is 3.73. The first-order chi connectivity index (χ1) is 8.39. The van der Waals surface area contributed by atoms with Gasteiger partial charge in [0.2, 0.25) is 11.8 Å². The predicted molar refractivity (Wildman–Crippen MR) is 72.0 cm³/mol. The summed E-state index contributed by atoms with van der Waals surface area (Å²) in [5.41, 5.74) is -0.148. The molecule has 1 aliphatic heterocycles. The molecule has 1 saturated heterocycles. The first-order valence-electron chi connectivity index (χ1n) is 6.63. The standard InChI is InChI=1S/C14H24N2O2/c1-5-12(17)16-9-7-11(8-10-16)13(18)15-14(3,4)6-2/h5,11H,1,6-10H2,2-4H3,(H,15,18). The molecule has 2 amide bonds. The Morgan fingerprint density at radius 2 is 1.94 bits per heavy atom. The molecule has 1 N–H and O–H groups in total. The largest absolute Gasteiger partial charge is 0.351 e. The number of carbonyl (C=O) groups is 2. The van der Waals surface area contributed by atoms with E-state index in [0.717, 1.165) is 19.3 Å². The van der Waals surface area contributed by atoms with Crippen molar-refractivity contribution in [1.82, 2.24) is 10.2 Å². The van der Waals surface area contributed by atoms with Gasteiger partial charge in [0.25, 0.3) is 0 Å². The first kappa shape index (κ1) is 14.7. The van der Waals surface area contributed by atoms with E-state index in [9.17, 15) is 9.59 Å².